The van der Waals surface area contributed by atoms with Crippen LogP contribution in [0, 0.1) is 0 Å². The van der Waals surface area contributed by atoms with Crippen LogP contribution in [-0.4, -0.2) is 27.9 Å². The average Bonchev–Trinajstić information content (AvgIpc) is 2.08. The molecule has 1 saturated heterocycles. The smallest absolute Gasteiger partial charge is 0.00967 e. The van der Waals surface area contributed by atoms with Crippen molar-refractivity contribution >= 4 is 18.2 Å². The first-order chi connectivity index (χ1) is 4.11. The van der Waals surface area contributed by atoms with Crippen LogP contribution < -0.4 is 0 Å². The molecule has 1 heterocycles. The number of rotatable bonds is 1. The maximum atomic E-state index is 11.3. The van der Waals surface area contributed by atoms with Gasteiger partial charge in [-0.3, -0.25) is 4.21 Å². The quantitative estimate of drug-likeness (QED) is 0.443. The molecule has 1 rings (SSSR count). The van der Waals surface area contributed by atoms with Crippen molar-refractivity contribution < 1.29 is 4.21 Å². The van der Waals surface area contributed by atoms with E-state index < -0.39 is 9.74 Å². The van der Waals surface area contributed by atoms with Gasteiger partial charge in [0.1, 0.15) is 0 Å². The lowest BCUT2D eigenvalue weighted by atomic mass is 10.4. The second-order valence-corrected chi connectivity index (χ2v) is 7.93. The van der Waals surface area contributed by atoms with Gasteiger partial charge in [0, 0.05) is 19.3 Å². The first kappa shape index (κ1) is 7.64. The lowest BCUT2D eigenvalue weighted by Crippen LogP contribution is -2.27. The zero-order chi connectivity index (χ0) is 6.91. The van der Waals surface area contributed by atoms with Gasteiger partial charge >= 0.3 is 0 Å². The molecule has 0 spiro atoms. The third kappa shape index (κ3) is 1.99. The summed E-state index contributed by atoms with van der Waals surface area (Å²) in [4.78, 5) is 0. The van der Waals surface area contributed by atoms with Crippen molar-refractivity contribution in [2.24, 2.45) is 0 Å². The van der Waals surface area contributed by atoms with Crippen molar-refractivity contribution in [3.8, 4) is 0 Å². The summed E-state index contributed by atoms with van der Waals surface area (Å²) in [6, 6.07) is 0. The second kappa shape index (κ2) is 2.65. The number of nitrogens with zero attached hydrogens (tertiary/aromatic N) is 1. The zero-order valence-electron chi connectivity index (χ0n) is 5.71. The summed E-state index contributed by atoms with van der Waals surface area (Å²) < 4.78 is 13.4. The average molecular weight is 167 g/mol. The molecule has 0 saturated carbocycles. The van der Waals surface area contributed by atoms with Gasteiger partial charge in [-0.05, 0) is 22.6 Å². The molecule has 0 N–H and O–H groups in total. The van der Waals surface area contributed by atoms with Crippen LogP contribution in [0.15, 0.2) is 0 Å². The summed E-state index contributed by atoms with van der Waals surface area (Å²) in [5, 5.41) is 0. The van der Waals surface area contributed by atoms with E-state index in [1.165, 1.54) is 12.8 Å². The summed E-state index contributed by atoms with van der Waals surface area (Å²) in [7, 11) is 0.478. The molecule has 0 aromatic heterocycles. The van der Waals surface area contributed by atoms with Gasteiger partial charge in [0.2, 0.25) is 0 Å². The van der Waals surface area contributed by atoms with E-state index in [4.69, 9.17) is 0 Å². The summed E-state index contributed by atoms with van der Waals surface area (Å²) >= 11 is 0. The van der Waals surface area contributed by atoms with Gasteiger partial charge < -0.3 is 0 Å². The van der Waals surface area contributed by atoms with Crippen molar-refractivity contribution in [2.75, 3.05) is 19.3 Å². The maximum absolute atomic E-state index is 11.3. The predicted molar refractivity (Wildman–Crippen MR) is 46.0 cm³/mol. The highest BCUT2D eigenvalue weighted by Crippen LogP contribution is 2.21. The van der Waals surface area contributed by atoms with Crippen molar-refractivity contribution in [1.29, 1.82) is 0 Å². The van der Waals surface area contributed by atoms with Gasteiger partial charge in [-0.25, -0.2) is 4.31 Å². The number of hydrogen-bond donors (Lipinski definition) is 1. The first-order valence-electron chi connectivity index (χ1n) is 3.22. The van der Waals surface area contributed by atoms with Crippen LogP contribution in [0.3, 0.4) is 0 Å². The molecule has 1 aliphatic rings. The Balaban J connectivity index is 2.52. The predicted octanol–water partition coefficient (Wildman–Crippen LogP) is 0.434. The van der Waals surface area contributed by atoms with Crippen molar-refractivity contribution in [3.05, 3.63) is 0 Å². The highest BCUT2D eigenvalue weighted by Gasteiger charge is 2.17. The van der Waals surface area contributed by atoms with Crippen LogP contribution in [-0.2, 0) is 9.74 Å². The fraction of sp³-hybridized carbons (Fsp3) is 1.00. The fourth-order valence-electron chi connectivity index (χ4n) is 1.10. The van der Waals surface area contributed by atoms with Gasteiger partial charge in [0.15, 0.2) is 0 Å². The van der Waals surface area contributed by atoms with Crippen molar-refractivity contribution in [3.63, 3.8) is 0 Å². The lowest BCUT2D eigenvalue weighted by Gasteiger charge is -2.24. The minimum atomic E-state index is -1.96. The Morgan fingerprint density at radius 3 is 2.11 bits per heavy atom. The van der Waals surface area contributed by atoms with E-state index in [9.17, 15) is 4.21 Å². The largest absolute Gasteiger partial charge is 0.268 e. The van der Waals surface area contributed by atoms with Gasteiger partial charge in [0.25, 0.3) is 0 Å². The second-order valence-electron chi connectivity index (χ2n) is 2.60. The highest BCUT2D eigenvalue weighted by molar-refractivity contribution is 8.43. The van der Waals surface area contributed by atoms with Crippen LogP contribution >= 0.6 is 8.44 Å². The fourth-order valence-corrected chi connectivity index (χ4v) is 2.87. The van der Waals surface area contributed by atoms with Gasteiger partial charge in [-0.1, -0.05) is 8.44 Å². The monoisotopic (exact) mass is 167 g/mol. The Kier molecular flexibility index (Phi) is 2.25. The molecule has 56 valence electrons. The zero-order valence-corrected chi connectivity index (χ0v) is 7.76. The molecule has 0 bridgehead atoms. The molecule has 0 aliphatic carbocycles. The molecule has 0 radical (unpaired) electrons. The van der Waals surface area contributed by atoms with Gasteiger partial charge in [-0.2, -0.15) is 0 Å². The Hall–Kier alpha value is 0.540. The SMILES string of the molecule is C[SH](=O)(P)N1CCCC1. The molecule has 9 heavy (non-hydrogen) atoms. The van der Waals surface area contributed by atoms with E-state index in [0.717, 1.165) is 13.1 Å². The minimum absolute atomic E-state index is 1.03. The Morgan fingerprint density at radius 2 is 1.89 bits per heavy atom. The lowest BCUT2D eigenvalue weighted by molar-refractivity contribution is 0.536. The van der Waals surface area contributed by atoms with Crippen LogP contribution in [0.25, 0.3) is 0 Å². The molecule has 0 amide bonds. The standard InChI is InChI=1S/C5H14NOPS/c1-9(7,8)6-4-2-3-5-6/h9H,2-5,8H2,1H3. The molecule has 1 unspecified atom stereocenters. The first-order valence-corrected chi connectivity index (χ1v) is 6.95. The highest BCUT2D eigenvalue weighted by atomic mass is 32.8. The minimum Gasteiger partial charge on any atom is -0.268 e. The Labute approximate surface area is 59.5 Å². The summed E-state index contributed by atoms with van der Waals surface area (Å²) in [5.74, 6) is 0. The molecule has 1 fully saturated rings. The van der Waals surface area contributed by atoms with E-state index in [0.29, 0.717) is 0 Å². The van der Waals surface area contributed by atoms with Crippen molar-refractivity contribution in [2.45, 2.75) is 12.8 Å². The Bertz CT molecular complexity index is 138. The summed E-state index contributed by atoms with van der Waals surface area (Å²) in [6.07, 6.45) is 4.24. The van der Waals surface area contributed by atoms with Gasteiger partial charge in [0.05, 0.1) is 0 Å². The van der Waals surface area contributed by atoms with E-state index in [1.807, 2.05) is 6.26 Å². The molecule has 4 heteroatoms. The maximum Gasteiger partial charge on any atom is 0.00967 e. The summed E-state index contributed by atoms with van der Waals surface area (Å²) in [6.45, 7) is 2.05. The number of thiol groups is 1. The molecule has 2 nitrogen and oxygen atoms in total. The van der Waals surface area contributed by atoms with E-state index in [1.54, 1.807) is 0 Å². The third-order valence-electron chi connectivity index (χ3n) is 1.64. The molecule has 0 aromatic carbocycles. The normalized spacial score (nSPS) is 24.7. The van der Waals surface area contributed by atoms with Crippen LogP contribution in [0.5, 0.6) is 0 Å². The topological polar surface area (TPSA) is 20.3 Å². The van der Waals surface area contributed by atoms with Crippen LogP contribution in [0.4, 0.5) is 0 Å². The van der Waals surface area contributed by atoms with E-state index in [-0.39, 0.29) is 0 Å². The van der Waals surface area contributed by atoms with E-state index >= 15 is 0 Å². The van der Waals surface area contributed by atoms with Crippen molar-refractivity contribution in [1.82, 2.24) is 4.31 Å². The Morgan fingerprint density at radius 1 is 1.44 bits per heavy atom. The van der Waals surface area contributed by atoms with Gasteiger partial charge in [-0.15, -0.1) is 0 Å². The molecule has 0 aromatic rings. The summed E-state index contributed by atoms with van der Waals surface area (Å²) in [5.41, 5.74) is 0. The van der Waals surface area contributed by atoms with E-state index in [2.05, 4.69) is 12.7 Å². The number of hydrogen-bond acceptors (Lipinski definition) is 1. The molecule has 1 aliphatic heterocycles. The molecular formula is C5H14NOPS. The third-order valence-corrected chi connectivity index (χ3v) is 4.15. The van der Waals surface area contributed by atoms with Crippen LogP contribution in [0.1, 0.15) is 12.8 Å². The molecule has 1 atom stereocenters. The van der Waals surface area contributed by atoms with Crippen LogP contribution in [0.2, 0.25) is 0 Å². The molecular weight excluding hydrogens is 153 g/mol.